The van der Waals surface area contributed by atoms with Gasteiger partial charge in [-0.1, -0.05) is 36.4 Å². The fourth-order valence-electron chi connectivity index (χ4n) is 3.44. The number of ether oxygens (including phenoxy) is 1. The Morgan fingerprint density at radius 3 is 2.65 bits per heavy atom. The molecule has 1 aliphatic heterocycles. The number of aromatic amines is 1. The third-order valence-electron chi connectivity index (χ3n) is 4.93. The molecule has 26 heavy (non-hydrogen) atoms. The van der Waals surface area contributed by atoms with Crippen molar-refractivity contribution in [2.75, 3.05) is 5.32 Å². The van der Waals surface area contributed by atoms with E-state index >= 15 is 0 Å². The molecule has 1 unspecified atom stereocenters. The standard InChI is InChI=1S/C21H21N3O2/c1-13-5-3-4-6-16(13)12-26-17-9-7-15(8-10-17)18-11-19(25)22-21-20(18)14(2)23-24-21/h3-10,18H,11-12H2,1-2H3,(H2,22,23,24,25). The minimum Gasteiger partial charge on any atom is -0.489 e. The van der Waals surface area contributed by atoms with E-state index in [4.69, 9.17) is 4.74 Å². The summed E-state index contributed by atoms with van der Waals surface area (Å²) < 4.78 is 5.92. The van der Waals surface area contributed by atoms with Gasteiger partial charge < -0.3 is 10.1 Å². The van der Waals surface area contributed by atoms with Gasteiger partial charge in [-0.25, -0.2) is 0 Å². The highest BCUT2D eigenvalue weighted by Crippen LogP contribution is 2.38. The number of carbonyl (C=O) groups excluding carboxylic acids is 1. The van der Waals surface area contributed by atoms with Gasteiger partial charge in [-0.15, -0.1) is 0 Å². The molecule has 1 aromatic heterocycles. The van der Waals surface area contributed by atoms with Gasteiger partial charge in [0.1, 0.15) is 12.4 Å². The van der Waals surface area contributed by atoms with E-state index in [1.165, 1.54) is 11.1 Å². The molecule has 132 valence electrons. The van der Waals surface area contributed by atoms with Crippen molar-refractivity contribution in [1.82, 2.24) is 10.2 Å². The zero-order chi connectivity index (χ0) is 18.1. The second-order valence-electron chi connectivity index (χ2n) is 6.70. The van der Waals surface area contributed by atoms with Gasteiger partial charge in [-0.2, -0.15) is 5.10 Å². The average molecular weight is 347 g/mol. The number of hydrogen-bond donors (Lipinski definition) is 2. The maximum absolute atomic E-state index is 12.0. The lowest BCUT2D eigenvalue weighted by Crippen LogP contribution is -2.23. The molecule has 4 rings (SSSR count). The van der Waals surface area contributed by atoms with E-state index < -0.39 is 0 Å². The minimum absolute atomic E-state index is 0.00567. The molecule has 3 aromatic rings. The Morgan fingerprint density at radius 1 is 1.12 bits per heavy atom. The zero-order valence-electron chi connectivity index (χ0n) is 14.9. The molecule has 0 radical (unpaired) electrons. The van der Waals surface area contributed by atoms with Gasteiger partial charge in [0.05, 0.1) is 0 Å². The first-order valence-corrected chi connectivity index (χ1v) is 8.74. The van der Waals surface area contributed by atoms with Crippen molar-refractivity contribution in [3.8, 4) is 5.75 Å². The molecule has 1 atom stereocenters. The maximum Gasteiger partial charge on any atom is 0.226 e. The number of H-pyrrole nitrogens is 1. The predicted octanol–water partition coefficient (Wildman–Crippen LogP) is 4.08. The van der Waals surface area contributed by atoms with Crippen molar-refractivity contribution in [3.63, 3.8) is 0 Å². The number of nitrogens with one attached hydrogen (secondary N) is 2. The number of anilines is 1. The first-order chi connectivity index (χ1) is 12.6. The number of fused-ring (bicyclic) bond motifs is 1. The summed E-state index contributed by atoms with van der Waals surface area (Å²) in [6, 6.07) is 16.2. The second kappa shape index (κ2) is 6.67. The van der Waals surface area contributed by atoms with Crippen LogP contribution in [0.4, 0.5) is 5.82 Å². The average Bonchev–Trinajstić information content (AvgIpc) is 3.01. The zero-order valence-corrected chi connectivity index (χ0v) is 14.9. The van der Waals surface area contributed by atoms with Crippen molar-refractivity contribution in [2.45, 2.75) is 32.8 Å². The Labute approximate surface area is 152 Å². The number of amides is 1. The lowest BCUT2D eigenvalue weighted by Gasteiger charge is -2.23. The van der Waals surface area contributed by atoms with Crippen LogP contribution in [0.25, 0.3) is 0 Å². The molecule has 0 bridgehead atoms. The van der Waals surface area contributed by atoms with E-state index in [9.17, 15) is 4.79 Å². The van der Waals surface area contributed by atoms with Crippen LogP contribution in [0.2, 0.25) is 0 Å². The molecule has 0 spiro atoms. The summed E-state index contributed by atoms with van der Waals surface area (Å²) in [7, 11) is 0. The highest BCUT2D eigenvalue weighted by molar-refractivity contribution is 5.94. The van der Waals surface area contributed by atoms with E-state index in [0.717, 1.165) is 22.6 Å². The van der Waals surface area contributed by atoms with E-state index in [0.29, 0.717) is 18.8 Å². The SMILES string of the molecule is Cc1ccccc1COc1ccc(C2CC(=O)Nc3n[nH]c(C)c32)cc1. The molecule has 1 amide bonds. The number of aryl methyl sites for hydroxylation is 2. The van der Waals surface area contributed by atoms with Crippen molar-refractivity contribution in [1.29, 1.82) is 0 Å². The van der Waals surface area contributed by atoms with Gasteiger partial charge in [-0.05, 0) is 42.7 Å². The van der Waals surface area contributed by atoms with Crippen LogP contribution in [-0.2, 0) is 11.4 Å². The first kappa shape index (κ1) is 16.4. The smallest absolute Gasteiger partial charge is 0.226 e. The summed E-state index contributed by atoms with van der Waals surface area (Å²) in [5.74, 6) is 1.47. The largest absolute Gasteiger partial charge is 0.489 e. The lowest BCUT2D eigenvalue weighted by atomic mass is 9.86. The summed E-state index contributed by atoms with van der Waals surface area (Å²) in [5.41, 5.74) is 5.55. The third kappa shape index (κ3) is 3.08. The second-order valence-corrected chi connectivity index (χ2v) is 6.70. The van der Waals surface area contributed by atoms with Crippen LogP contribution in [0.15, 0.2) is 48.5 Å². The fourth-order valence-corrected chi connectivity index (χ4v) is 3.44. The van der Waals surface area contributed by atoms with Crippen molar-refractivity contribution < 1.29 is 9.53 Å². The van der Waals surface area contributed by atoms with E-state index in [1.54, 1.807) is 0 Å². The monoisotopic (exact) mass is 347 g/mol. The number of nitrogens with zero attached hydrogens (tertiary/aromatic N) is 1. The summed E-state index contributed by atoms with van der Waals surface area (Å²) in [6.07, 6.45) is 0.427. The highest BCUT2D eigenvalue weighted by Gasteiger charge is 2.30. The van der Waals surface area contributed by atoms with Gasteiger partial charge in [-0.3, -0.25) is 9.89 Å². The van der Waals surface area contributed by atoms with Crippen LogP contribution < -0.4 is 10.1 Å². The van der Waals surface area contributed by atoms with E-state index in [1.807, 2.05) is 43.3 Å². The quantitative estimate of drug-likeness (QED) is 0.747. The number of benzene rings is 2. The Bertz CT molecular complexity index is 944. The first-order valence-electron chi connectivity index (χ1n) is 8.74. The number of hydrogen-bond acceptors (Lipinski definition) is 3. The Kier molecular flexibility index (Phi) is 4.21. The highest BCUT2D eigenvalue weighted by atomic mass is 16.5. The Hall–Kier alpha value is -3.08. The van der Waals surface area contributed by atoms with Crippen LogP contribution in [0, 0.1) is 13.8 Å². The van der Waals surface area contributed by atoms with Crippen molar-refractivity contribution in [3.05, 3.63) is 76.5 Å². The Balaban J connectivity index is 1.52. The van der Waals surface area contributed by atoms with Crippen molar-refractivity contribution in [2.24, 2.45) is 0 Å². The minimum atomic E-state index is -0.00567. The van der Waals surface area contributed by atoms with Crippen LogP contribution >= 0.6 is 0 Å². The third-order valence-corrected chi connectivity index (χ3v) is 4.93. The molecular weight excluding hydrogens is 326 g/mol. The number of rotatable bonds is 4. The molecule has 0 saturated heterocycles. The molecule has 2 heterocycles. The predicted molar refractivity (Wildman–Crippen MR) is 100 cm³/mol. The fraction of sp³-hybridized carbons (Fsp3) is 0.238. The lowest BCUT2D eigenvalue weighted by molar-refractivity contribution is -0.116. The van der Waals surface area contributed by atoms with Gasteiger partial charge >= 0.3 is 0 Å². The molecule has 2 N–H and O–H groups in total. The van der Waals surface area contributed by atoms with Gasteiger partial charge in [0.15, 0.2) is 5.82 Å². The molecule has 5 heteroatoms. The van der Waals surface area contributed by atoms with Crippen LogP contribution in [0.5, 0.6) is 5.75 Å². The summed E-state index contributed by atoms with van der Waals surface area (Å²) in [4.78, 5) is 12.0. The summed E-state index contributed by atoms with van der Waals surface area (Å²) in [5, 5.41) is 9.98. The molecule has 0 fully saturated rings. The topological polar surface area (TPSA) is 67.0 Å². The molecule has 2 aromatic carbocycles. The van der Waals surface area contributed by atoms with E-state index in [-0.39, 0.29) is 11.8 Å². The van der Waals surface area contributed by atoms with Gasteiger partial charge in [0.2, 0.25) is 5.91 Å². The summed E-state index contributed by atoms with van der Waals surface area (Å²) in [6.45, 7) is 4.61. The van der Waals surface area contributed by atoms with Gasteiger partial charge in [0.25, 0.3) is 0 Å². The molecule has 1 aliphatic rings. The van der Waals surface area contributed by atoms with Crippen molar-refractivity contribution >= 4 is 11.7 Å². The molecule has 5 nitrogen and oxygen atoms in total. The maximum atomic E-state index is 12.0. The van der Waals surface area contributed by atoms with Crippen LogP contribution in [-0.4, -0.2) is 16.1 Å². The number of carbonyl (C=O) groups is 1. The Morgan fingerprint density at radius 2 is 1.88 bits per heavy atom. The summed E-state index contributed by atoms with van der Waals surface area (Å²) >= 11 is 0. The van der Waals surface area contributed by atoms with Gasteiger partial charge in [0, 0.05) is 23.6 Å². The van der Waals surface area contributed by atoms with Crippen LogP contribution in [0.3, 0.4) is 0 Å². The normalized spacial score (nSPS) is 16.1. The van der Waals surface area contributed by atoms with Crippen LogP contribution in [0.1, 0.15) is 40.3 Å². The molecule has 0 aliphatic carbocycles. The molecule has 0 saturated carbocycles. The number of aromatic nitrogens is 2. The van der Waals surface area contributed by atoms with E-state index in [2.05, 4.69) is 34.6 Å². The molecular formula is C21H21N3O2.